The summed E-state index contributed by atoms with van der Waals surface area (Å²) in [5, 5.41) is 10.5. The molecule has 0 saturated heterocycles. The minimum Gasteiger partial charge on any atom is -0.481 e. The largest absolute Gasteiger partial charge is 0.481 e. The van der Waals surface area contributed by atoms with Crippen LogP contribution in [0.15, 0.2) is 18.2 Å². The molecule has 0 spiro atoms. The van der Waals surface area contributed by atoms with Crippen molar-refractivity contribution in [1.82, 2.24) is 0 Å². The van der Waals surface area contributed by atoms with Crippen molar-refractivity contribution in [2.75, 3.05) is 16.8 Å². The van der Waals surface area contributed by atoms with Crippen LogP contribution in [0.25, 0.3) is 0 Å². The van der Waals surface area contributed by atoms with Gasteiger partial charge in [-0.2, -0.15) is 13.2 Å². The van der Waals surface area contributed by atoms with E-state index in [2.05, 4.69) is 5.32 Å². The Bertz CT molecular complexity index is 522. The molecule has 1 rings (SSSR count). The predicted molar refractivity (Wildman–Crippen MR) is 70.0 cm³/mol. The van der Waals surface area contributed by atoms with Crippen molar-refractivity contribution >= 4 is 40.9 Å². The minimum absolute atomic E-state index is 0.0422. The van der Waals surface area contributed by atoms with Crippen LogP contribution in [0, 0.1) is 0 Å². The van der Waals surface area contributed by atoms with Crippen molar-refractivity contribution in [2.24, 2.45) is 0 Å². The molecule has 1 aromatic rings. The van der Waals surface area contributed by atoms with E-state index in [-0.39, 0.29) is 22.2 Å². The Hall–Kier alpha value is -1.41. The molecule has 0 bridgehead atoms. The lowest BCUT2D eigenvalue weighted by atomic mass is 10.2. The Morgan fingerprint density at radius 3 is 2.45 bits per heavy atom. The standard InChI is InChI=1S/C11H9ClF3NO3S/c12-7-3-6(11(13,14)15)1-2-8(7)16-9(17)4-20-5-10(18)19/h1-3H,4-5H2,(H,16,17)(H,18,19). The highest BCUT2D eigenvalue weighted by atomic mass is 35.5. The maximum absolute atomic E-state index is 12.4. The number of halogens is 4. The zero-order valence-electron chi connectivity index (χ0n) is 9.83. The van der Waals surface area contributed by atoms with Gasteiger partial charge in [0.1, 0.15) is 0 Å². The average molecular weight is 328 g/mol. The quantitative estimate of drug-likeness (QED) is 0.872. The van der Waals surface area contributed by atoms with Crippen LogP contribution < -0.4 is 5.32 Å². The molecule has 0 aliphatic heterocycles. The molecular formula is C11H9ClF3NO3S. The van der Waals surface area contributed by atoms with Gasteiger partial charge < -0.3 is 10.4 Å². The van der Waals surface area contributed by atoms with Crippen LogP contribution in [0.5, 0.6) is 0 Å². The van der Waals surface area contributed by atoms with Gasteiger partial charge in [0.15, 0.2) is 0 Å². The summed E-state index contributed by atoms with van der Waals surface area (Å²) in [4.78, 5) is 21.7. The summed E-state index contributed by atoms with van der Waals surface area (Å²) in [5.41, 5.74) is -0.874. The van der Waals surface area contributed by atoms with Crippen LogP contribution in [0.3, 0.4) is 0 Å². The van der Waals surface area contributed by atoms with E-state index < -0.39 is 23.6 Å². The Morgan fingerprint density at radius 1 is 1.30 bits per heavy atom. The van der Waals surface area contributed by atoms with E-state index in [0.29, 0.717) is 6.07 Å². The molecule has 4 nitrogen and oxygen atoms in total. The number of aliphatic carboxylic acids is 1. The second-order valence-corrected chi connectivity index (χ2v) is 5.02. The number of rotatable bonds is 5. The highest BCUT2D eigenvalue weighted by Gasteiger charge is 2.30. The van der Waals surface area contributed by atoms with Crippen LogP contribution in [0.2, 0.25) is 5.02 Å². The topological polar surface area (TPSA) is 66.4 Å². The van der Waals surface area contributed by atoms with Crippen LogP contribution in [-0.4, -0.2) is 28.5 Å². The molecule has 0 fully saturated rings. The van der Waals surface area contributed by atoms with E-state index >= 15 is 0 Å². The number of carbonyl (C=O) groups is 2. The van der Waals surface area contributed by atoms with E-state index in [0.717, 1.165) is 23.9 Å². The molecule has 2 N–H and O–H groups in total. The smallest absolute Gasteiger partial charge is 0.416 e. The van der Waals surface area contributed by atoms with Gasteiger partial charge in [0, 0.05) is 0 Å². The molecule has 0 saturated carbocycles. The summed E-state index contributed by atoms with van der Waals surface area (Å²) in [6.45, 7) is 0. The molecule has 110 valence electrons. The summed E-state index contributed by atoms with van der Waals surface area (Å²) >= 11 is 6.52. The van der Waals surface area contributed by atoms with Gasteiger partial charge in [0.25, 0.3) is 0 Å². The molecular weight excluding hydrogens is 319 g/mol. The molecule has 9 heteroatoms. The summed E-state index contributed by atoms with van der Waals surface area (Å²) in [7, 11) is 0. The number of hydrogen-bond acceptors (Lipinski definition) is 3. The number of nitrogens with one attached hydrogen (secondary N) is 1. The summed E-state index contributed by atoms with van der Waals surface area (Å²) in [5.74, 6) is -1.98. The first-order valence-electron chi connectivity index (χ1n) is 5.16. The fourth-order valence-electron chi connectivity index (χ4n) is 1.21. The second kappa shape index (κ2) is 6.85. The number of hydrogen-bond donors (Lipinski definition) is 2. The van der Waals surface area contributed by atoms with Gasteiger partial charge in [-0.25, -0.2) is 0 Å². The average Bonchev–Trinajstić information content (AvgIpc) is 2.29. The summed E-state index contributed by atoms with van der Waals surface area (Å²) in [6, 6.07) is 2.55. The first-order chi connectivity index (χ1) is 9.20. The molecule has 0 aromatic heterocycles. The number of alkyl halides is 3. The molecule has 1 amide bonds. The fourth-order valence-corrected chi connectivity index (χ4v) is 1.97. The van der Waals surface area contributed by atoms with Gasteiger partial charge in [0.2, 0.25) is 5.91 Å². The van der Waals surface area contributed by atoms with E-state index in [9.17, 15) is 22.8 Å². The van der Waals surface area contributed by atoms with Gasteiger partial charge in [-0.15, -0.1) is 11.8 Å². The highest BCUT2D eigenvalue weighted by molar-refractivity contribution is 8.00. The summed E-state index contributed by atoms with van der Waals surface area (Å²) < 4.78 is 37.2. The van der Waals surface area contributed by atoms with Crippen LogP contribution in [-0.2, 0) is 15.8 Å². The second-order valence-electron chi connectivity index (χ2n) is 3.63. The molecule has 0 unspecified atom stereocenters. The minimum atomic E-state index is -4.51. The number of benzene rings is 1. The molecule has 20 heavy (non-hydrogen) atoms. The van der Waals surface area contributed by atoms with Gasteiger partial charge >= 0.3 is 12.1 Å². The lowest BCUT2D eigenvalue weighted by Gasteiger charge is -2.10. The normalized spacial score (nSPS) is 11.2. The maximum atomic E-state index is 12.4. The van der Waals surface area contributed by atoms with Crippen molar-refractivity contribution in [3.8, 4) is 0 Å². The number of carbonyl (C=O) groups excluding carboxylic acids is 1. The zero-order chi connectivity index (χ0) is 15.3. The summed E-state index contributed by atoms with van der Waals surface area (Å²) in [6.07, 6.45) is -4.51. The lowest BCUT2D eigenvalue weighted by Crippen LogP contribution is -2.16. The van der Waals surface area contributed by atoms with E-state index in [1.165, 1.54) is 0 Å². The maximum Gasteiger partial charge on any atom is 0.416 e. The molecule has 0 radical (unpaired) electrons. The third kappa shape index (κ3) is 5.30. The first kappa shape index (κ1) is 16.6. The SMILES string of the molecule is O=C(O)CSCC(=O)Nc1ccc(C(F)(F)F)cc1Cl. The molecule has 0 atom stereocenters. The van der Waals surface area contributed by atoms with Crippen LogP contribution >= 0.6 is 23.4 Å². The number of anilines is 1. The van der Waals surface area contributed by atoms with E-state index in [1.807, 2.05) is 0 Å². The third-order valence-corrected chi connectivity index (χ3v) is 3.26. The fraction of sp³-hybridized carbons (Fsp3) is 0.273. The van der Waals surface area contributed by atoms with Crippen molar-refractivity contribution in [1.29, 1.82) is 0 Å². The highest BCUT2D eigenvalue weighted by Crippen LogP contribution is 2.33. The predicted octanol–water partition coefficient (Wildman–Crippen LogP) is 3.12. The number of carboxylic acids is 1. The Morgan fingerprint density at radius 2 is 1.95 bits per heavy atom. The molecule has 1 aromatic carbocycles. The molecule has 0 aliphatic rings. The molecule has 0 heterocycles. The van der Waals surface area contributed by atoms with E-state index in [4.69, 9.17) is 16.7 Å². The monoisotopic (exact) mass is 327 g/mol. The van der Waals surface area contributed by atoms with Crippen molar-refractivity contribution in [3.05, 3.63) is 28.8 Å². The van der Waals surface area contributed by atoms with Crippen LogP contribution in [0.4, 0.5) is 18.9 Å². The first-order valence-corrected chi connectivity index (χ1v) is 6.69. The van der Waals surface area contributed by atoms with Gasteiger partial charge in [-0.3, -0.25) is 9.59 Å². The van der Waals surface area contributed by atoms with Gasteiger partial charge in [-0.05, 0) is 18.2 Å². The Kier molecular flexibility index (Phi) is 5.70. The van der Waals surface area contributed by atoms with Crippen molar-refractivity contribution < 1.29 is 27.9 Å². The number of carboxylic acid groups (broad SMARTS) is 1. The van der Waals surface area contributed by atoms with Crippen LogP contribution in [0.1, 0.15) is 5.56 Å². The van der Waals surface area contributed by atoms with Gasteiger partial charge in [0.05, 0.1) is 27.8 Å². The Balaban J connectivity index is 2.65. The van der Waals surface area contributed by atoms with Crippen molar-refractivity contribution in [2.45, 2.75) is 6.18 Å². The molecule has 0 aliphatic carbocycles. The third-order valence-electron chi connectivity index (χ3n) is 2.03. The lowest BCUT2D eigenvalue weighted by molar-refractivity contribution is -0.137. The number of thioether (sulfide) groups is 1. The van der Waals surface area contributed by atoms with Gasteiger partial charge in [-0.1, -0.05) is 11.6 Å². The zero-order valence-corrected chi connectivity index (χ0v) is 11.4. The Labute approximate surface area is 121 Å². The number of amides is 1. The van der Waals surface area contributed by atoms with E-state index in [1.54, 1.807) is 0 Å². The van der Waals surface area contributed by atoms with Crippen molar-refractivity contribution in [3.63, 3.8) is 0 Å².